The van der Waals surface area contributed by atoms with Crippen LogP contribution in [0, 0.1) is 6.92 Å². The smallest absolute Gasteiger partial charge is 0.114 e. The van der Waals surface area contributed by atoms with E-state index in [0.717, 1.165) is 11.7 Å². The molecule has 0 saturated carbocycles. The van der Waals surface area contributed by atoms with Gasteiger partial charge >= 0.3 is 0 Å². The van der Waals surface area contributed by atoms with Crippen LogP contribution in [0.1, 0.15) is 11.1 Å². The Morgan fingerprint density at radius 1 is 1.40 bits per heavy atom. The first kappa shape index (κ1) is 10.5. The molecule has 2 rings (SSSR count). The third-order valence-electron chi connectivity index (χ3n) is 2.74. The van der Waals surface area contributed by atoms with Gasteiger partial charge in [-0.2, -0.15) is 0 Å². The van der Waals surface area contributed by atoms with Gasteiger partial charge in [0.25, 0.3) is 0 Å². The van der Waals surface area contributed by atoms with Crippen LogP contribution in [-0.2, 0) is 13.6 Å². The molecule has 0 fully saturated rings. The summed E-state index contributed by atoms with van der Waals surface area (Å²) in [6.45, 7) is 2.90. The standard InChI is InChI=1S/C12H15ClN2/c1-8-4-5-9-10(7-14-2)12(13)15(3)11(9)6-8/h4-6,14H,7H2,1-3H3. The second kappa shape index (κ2) is 3.87. The van der Waals surface area contributed by atoms with Gasteiger partial charge in [-0.3, -0.25) is 0 Å². The molecule has 0 unspecified atom stereocenters. The second-order valence-electron chi connectivity index (χ2n) is 3.88. The molecule has 0 aliphatic carbocycles. The SMILES string of the molecule is CNCc1c(Cl)n(C)c2cc(C)ccc12. The lowest BCUT2D eigenvalue weighted by Crippen LogP contribution is -2.05. The zero-order chi connectivity index (χ0) is 11.0. The van der Waals surface area contributed by atoms with Gasteiger partial charge in [0.05, 0.1) is 0 Å². The molecule has 0 aliphatic heterocycles. The minimum Gasteiger partial charge on any atom is -0.334 e. The number of rotatable bonds is 2. The Labute approximate surface area is 94.8 Å². The van der Waals surface area contributed by atoms with Gasteiger partial charge in [0.2, 0.25) is 0 Å². The van der Waals surface area contributed by atoms with Crippen LogP contribution >= 0.6 is 11.6 Å². The van der Waals surface area contributed by atoms with Gasteiger partial charge < -0.3 is 9.88 Å². The molecule has 1 N–H and O–H groups in total. The van der Waals surface area contributed by atoms with Crippen LogP contribution < -0.4 is 5.32 Å². The highest BCUT2D eigenvalue weighted by molar-refractivity contribution is 6.32. The fourth-order valence-corrected chi connectivity index (χ4v) is 2.20. The normalized spacial score (nSPS) is 11.2. The molecule has 1 heterocycles. The monoisotopic (exact) mass is 222 g/mol. The van der Waals surface area contributed by atoms with Gasteiger partial charge in [-0.05, 0) is 25.6 Å². The van der Waals surface area contributed by atoms with Crippen molar-refractivity contribution >= 4 is 22.5 Å². The van der Waals surface area contributed by atoms with Crippen molar-refractivity contribution in [1.82, 2.24) is 9.88 Å². The van der Waals surface area contributed by atoms with Crippen molar-refractivity contribution in [3.8, 4) is 0 Å². The lowest BCUT2D eigenvalue weighted by Gasteiger charge is -1.98. The maximum Gasteiger partial charge on any atom is 0.114 e. The van der Waals surface area contributed by atoms with Crippen molar-refractivity contribution in [1.29, 1.82) is 0 Å². The molecule has 1 aromatic carbocycles. The Bertz CT molecular complexity index is 500. The minimum absolute atomic E-state index is 0.805. The van der Waals surface area contributed by atoms with E-state index in [1.165, 1.54) is 22.0 Å². The molecule has 2 nitrogen and oxygen atoms in total. The summed E-state index contributed by atoms with van der Waals surface area (Å²) < 4.78 is 2.04. The summed E-state index contributed by atoms with van der Waals surface area (Å²) in [5.41, 5.74) is 3.64. The summed E-state index contributed by atoms with van der Waals surface area (Å²) >= 11 is 6.29. The molecule has 3 heteroatoms. The largest absolute Gasteiger partial charge is 0.334 e. The summed E-state index contributed by atoms with van der Waals surface area (Å²) in [6, 6.07) is 6.43. The third-order valence-corrected chi connectivity index (χ3v) is 3.22. The van der Waals surface area contributed by atoms with Gasteiger partial charge in [0, 0.05) is 30.1 Å². The van der Waals surface area contributed by atoms with Crippen molar-refractivity contribution in [2.45, 2.75) is 13.5 Å². The van der Waals surface area contributed by atoms with Crippen LogP contribution in [-0.4, -0.2) is 11.6 Å². The van der Waals surface area contributed by atoms with E-state index in [-0.39, 0.29) is 0 Å². The van der Waals surface area contributed by atoms with E-state index in [2.05, 4.69) is 30.4 Å². The number of nitrogens with zero attached hydrogens (tertiary/aromatic N) is 1. The number of aromatic nitrogens is 1. The Hall–Kier alpha value is -0.990. The number of benzene rings is 1. The predicted octanol–water partition coefficient (Wildman–Crippen LogP) is 2.86. The van der Waals surface area contributed by atoms with E-state index in [0.29, 0.717) is 0 Å². The third kappa shape index (κ3) is 1.64. The number of hydrogen-bond acceptors (Lipinski definition) is 1. The molecular formula is C12H15ClN2. The first-order valence-electron chi connectivity index (χ1n) is 5.03. The lowest BCUT2D eigenvalue weighted by atomic mass is 10.1. The van der Waals surface area contributed by atoms with Gasteiger partial charge in [0.15, 0.2) is 0 Å². The van der Waals surface area contributed by atoms with Crippen molar-refractivity contribution < 1.29 is 0 Å². The molecule has 0 bridgehead atoms. The number of halogens is 1. The van der Waals surface area contributed by atoms with Gasteiger partial charge in [-0.15, -0.1) is 0 Å². The first-order chi connectivity index (χ1) is 7.15. The molecule has 0 atom stereocenters. The molecule has 0 spiro atoms. The molecule has 1 aromatic heterocycles. The number of fused-ring (bicyclic) bond motifs is 1. The quantitative estimate of drug-likeness (QED) is 0.827. The minimum atomic E-state index is 0.805. The van der Waals surface area contributed by atoms with E-state index in [1.54, 1.807) is 0 Å². The molecule has 0 saturated heterocycles. The van der Waals surface area contributed by atoms with Crippen LogP contribution in [0.5, 0.6) is 0 Å². The maximum absolute atomic E-state index is 6.29. The fourth-order valence-electron chi connectivity index (χ4n) is 1.94. The zero-order valence-corrected chi connectivity index (χ0v) is 10.0. The maximum atomic E-state index is 6.29. The molecule has 80 valence electrons. The van der Waals surface area contributed by atoms with Crippen molar-refractivity contribution in [3.05, 3.63) is 34.5 Å². The van der Waals surface area contributed by atoms with Crippen LogP contribution in [0.25, 0.3) is 10.9 Å². The summed E-state index contributed by atoms with van der Waals surface area (Å²) in [6.07, 6.45) is 0. The Balaban J connectivity index is 2.75. The summed E-state index contributed by atoms with van der Waals surface area (Å²) in [5, 5.41) is 5.21. The van der Waals surface area contributed by atoms with Crippen molar-refractivity contribution in [2.75, 3.05) is 7.05 Å². The van der Waals surface area contributed by atoms with E-state index >= 15 is 0 Å². The second-order valence-corrected chi connectivity index (χ2v) is 4.24. The average Bonchev–Trinajstić information content (AvgIpc) is 2.44. The Kier molecular flexibility index (Phi) is 2.72. The highest BCUT2D eigenvalue weighted by Gasteiger charge is 2.12. The molecule has 0 amide bonds. The summed E-state index contributed by atoms with van der Waals surface area (Å²) in [5.74, 6) is 0. The van der Waals surface area contributed by atoms with E-state index in [9.17, 15) is 0 Å². The predicted molar refractivity (Wildman–Crippen MR) is 65.4 cm³/mol. The number of hydrogen-bond donors (Lipinski definition) is 1. The highest BCUT2D eigenvalue weighted by Crippen LogP contribution is 2.29. The molecule has 15 heavy (non-hydrogen) atoms. The van der Waals surface area contributed by atoms with Crippen LogP contribution in [0.15, 0.2) is 18.2 Å². The Morgan fingerprint density at radius 2 is 2.13 bits per heavy atom. The van der Waals surface area contributed by atoms with E-state index in [1.807, 2.05) is 18.7 Å². The van der Waals surface area contributed by atoms with E-state index < -0.39 is 0 Å². The molecule has 0 aliphatic rings. The number of nitrogens with one attached hydrogen (secondary N) is 1. The zero-order valence-electron chi connectivity index (χ0n) is 9.26. The lowest BCUT2D eigenvalue weighted by molar-refractivity contribution is 0.816. The first-order valence-corrected chi connectivity index (χ1v) is 5.41. The van der Waals surface area contributed by atoms with Gasteiger partial charge in [-0.25, -0.2) is 0 Å². The fraction of sp³-hybridized carbons (Fsp3) is 0.333. The topological polar surface area (TPSA) is 17.0 Å². The number of aryl methyl sites for hydroxylation is 2. The molecule has 0 radical (unpaired) electrons. The molecule has 2 aromatic rings. The highest BCUT2D eigenvalue weighted by atomic mass is 35.5. The van der Waals surface area contributed by atoms with Gasteiger partial charge in [-0.1, -0.05) is 23.7 Å². The van der Waals surface area contributed by atoms with Crippen LogP contribution in [0.2, 0.25) is 5.15 Å². The Morgan fingerprint density at radius 3 is 2.80 bits per heavy atom. The van der Waals surface area contributed by atoms with Crippen molar-refractivity contribution in [3.63, 3.8) is 0 Å². The average molecular weight is 223 g/mol. The van der Waals surface area contributed by atoms with Gasteiger partial charge in [0.1, 0.15) is 5.15 Å². The summed E-state index contributed by atoms with van der Waals surface area (Å²) in [4.78, 5) is 0. The van der Waals surface area contributed by atoms with Crippen LogP contribution in [0.3, 0.4) is 0 Å². The van der Waals surface area contributed by atoms with Crippen molar-refractivity contribution in [2.24, 2.45) is 7.05 Å². The molecular weight excluding hydrogens is 208 g/mol. The summed E-state index contributed by atoms with van der Waals surface area (Å²) in [7, 11) is 3.94. The van der Waals surface area contributed by atoms with E-state index in [4.69, 9.17) is 11.6 Å². The van der Waals surface area contributed by atoms with Crippen LogP contribution in [0.4, 0.5) is 0 Å².